The number of hydrogen-bond donors (Lipinski definition) is 2. The van der Waals surface area contributed by atoms with Crippen LogP contribution in [0.1, 0.15) is 21.6 Å². The molecule has 4 heteroatoms. The molecule has 0 aliphatic carbocycles. The molecule has 0 atom stereocenters. The van der Waals surface area contributed by atoms with Crippen LogP contribution in [0, 0.1) is 0 Å². The zero-order chi connectivity index (χ0) is 12.8. The maximum absolute atomic E-state index is 11.8. The summed E-state index contributed by atoms with van der Waals surface area (Å²) < 4.78 is 0. The van der Waals surface area contributed by atoms with E-state index in [0.717, 1.165) is 11.3 Å². The summed E-state index contributed by atoms with van der Waals surface area (Å²) in [6, 6.07) is 12.9. The summed E-state index contributed by atoms with van der Waals surface area (Å²) >= 11 is 0. The van der Waals surface area contributed by atoms with Crippen LogP contribution >= 0.6 is 0 Å². The van der Waals surface area contributed by atoms with Gasteiger partial charge < -0.3 is 11.1 Å². The van der Waals surface area contributed by atoms with Crippen molar-refractivity contribution in [1.29, 1.82) is 0 Å². The molecule has 2 aromatic rings. The Morgan fingerprint density at radius 3 is 2.56 bits per heavy atom. The number of hydrogen-bond acceptors (Lipinski definition) is 3. The van der Waals surface area contributed by atoms with Crippen LogP contribution < -0.4 is 11.1 Å². The topological polar surface area (TPSA) is 68.0 Å². The first-order valence-electron chi connectivity index (χ1n) is 5.76. The van der Waals surface area contributed by atoms with Crippen molar-refractivity contribution in [2.75, 3.05) is 0 Å². The summed E-state index contributed by atoms with van der Waals surface area (Å²) in [5, 5.41) is 2.82. The van der Waals surface area contributed by atoms with Gasteiger partial charge in [-0.15, -0.1) is 0 Å². The SMILES string of the molecule is NCc1ccc(C(=O)NCc2ccccn2)cc1. The molecule has 0 spiro atoms. The molecule has 0 saturated carbocycles. The van der Waals surface area contributed by atoms with Crippen molar-refractivity contribution in [2.45, 2.75) is 13.1 Å². The number of nitrogens with one attached hydrogen (secondary N) is 1. The van der Waals surface area contributed by atoms with Gasteiger partial charge in [0.2, 0.25) is 0 Å². The van der Waals surface area contributed by atoms with Crippen LogP contribution in [0.4, 0.5) is 0 Å². The van der Waals surface area contributed by atoms with Crippen molar-refractivity contribution in [1.82, 2.24) is 10.3 Å². The van der Waals surface area contributed by atoms with E-state index in [1.807, 2.05) is 30.3 Å². The van der Waals surface area contributed by atoms with Crippen LogP contribution in [0.3, 0.4) is 0 Å². The molecule has 0 saturated heterocycles. The smallest absolute Gasteiger partial charge is 0.251 e. The molecule has 0 radical (unpaired) electrons. The molecule has 1 heterocycles. The molecule has 0 unspecified atom stereocenters. The number of carbonyl (C=O) groups excluding carboxylic acids is 1. The van der Waals surface area contributed by atoms with E-state index in [9.17, 15) is 4.79 Å². The average Bonchev–Trinajstić information content (AvgIpc) is 2.46. The van der Waals surface area contributed by atoms with Crippen molar-refractivity contribution in [2.24, 2.45) is 5.73 Å². The van der Waals surface area contributed by atoms with Crippen LogP contribution in [-0.2, 0) is 13.1 Å². The predicted molar refractivity (Wildman–Crippen MR) is 69.7 cm³/mol. The molecule has 92 valence electrons. The number of aromatic nitrogens is 1. The monoisotopic (exact) mass is 241 g/mol. The highest BCUT2D eigenvalue weighted by Gasteiger charge is 2.04. The fourth-order valence-electron chi connectivity index (χ4n) is 1.57. The first kappa shape index (κ1) is 12.3. The van der Waals surface area contributed by atoms with Crippen molar-refractivity contribution in [3.05, 3.63) is 65.5 Å². The summed E-state index contributed by atoms with van der Waals surface area (Å²) in [5.74, 6) is -0.107. The average molecular weight is 241 g/mol. The second-order valence-corrected chi connectivity index (χ2v) is 3.90. The Kier molecular flexibility index (Phi) is 4.04. The van der Waals surface area contributed by atoms with Gasteiger partial charge in [0.15, 0.2) is 0 Å². The molecule has 0 fully saturated rings. The van der Waals surface area contributed by atoms with E-state index in [2.05, 4.69) is 10.3 Å². The highest BCUT2D eigenvalue weighted by molar-refractivity contribution is 5.94. The molecule has 0 aliphatic heterocycles. The van der Waals surface area contributed by atoms with E-state index in [1.54, 1.807) is 18.3 Å². The Labute approximate surface area is 106 Å². The molecule has 1 aromatic heterocycles. The third kappa shape index (κ3) is 3.15. The first-order valence-corrected chi connectivity index (χ1v) is 5.76. The second-order valence-electron chi connectivity index (χ2n) is 3.90. The molecule has 18 heavy (non-hydrogen) atoms. The minimum Gasteiger partial charge on any atom is -0.346 e. The molecule has 0 bridgehead atoms. The molecular formula is C14H15N3O. The molecule has 1 aromatic carbocycles. The van der Waals surface area contributed by atoms with E-state index >= 15 is 0 Å². The number of nitrogens with two attached hydrogens (primary N) is 1. The molecule has 4 nitrogen and oxygen atoms in total. The van der Waals surface area contributed by atoms with Crippen molar-refractivity contribution in [3.8, 4) is 0 Å². The summed E-state index contributed by atoms with van der Waals surface area (Å²) in [6.07, 6.45) is 1.71. The van der Waals surface area contributed by atoms with Crippen LogP contribution in [-0.4, -0.2) is 10.9 Å². The van der Waals surface area contributed by atoms with Gasteiger partial charge in [0.25, 0.3) is 5.91 Å². The zero-order valence-corrected chi connectivity index (χ0v) is 9.97. The standard InChI is InChI=1S/C14H15N3O/c15-9-11-4-6-12(7-5-11)14(18)17-10-13-3-1-2-8-16-13/h1-8H,9-10,15H2,(H,17,18). The third-order valence-corrected chi connectivity index (χ3v) is 2.61. The number of amides is 1. The van der Waals surface area contributed by atoms with E-state index in [1.165, 1.54) is 0 Å². The minimum absolute atomic E-state index is 0.107. The Bertz CT molecular complexity index is 508. The lowest BCUT2D eigenvalue weighted by Crippen LogP contribution is -2.23. The molecule has 2 rings (SSSR count). The van der Waals surface area contributed by atoms with Crippen molar-refractivity contribution >= 4 is 5.91 Å². The largest absolute Gasteiger partial charge is 0.346 e. The van der Waals surface area contributed by atoms with Crippen LogP contribution in [0.25, 0.3) is 0 Å². The highest BCUT2D eigenvalue weighted by Crippen LogP contribution is 2.04. The molecule has 0 aliphatic rings. The van der Waals surface area contributed by atoms with E-state index in [4.69, 9.17) is 5.73 Å². The summed E-state index contributed by atoms with van der Waals surface area (Å²) in [4.78, 5) is 16.0. The quantitative estimate of drug-likeness (QED) is 0.851. The number of benzene rings is 1. The van der Waals surface area contributed by atoms with Gasteiger partial charge in [0.1, 0.15) is 0 Å². The second kappa shape index (κ2) is 5.93. The van der Waals surface area contributed by atoms with Crippen LogP contribution in [0.2, 0.25) is 0 Å². The summed E-state index contributed by atoms with van der Waals surface area (Å²) in [6.45, 7) is 0.911. The Morgan fingerprint density at radius 2 is 1.94 bits per heavy atom. The number of carbonyl (C=O) groups is 1. The molecule has 3 N–H and O–H groups in total. The lowest BCUT2D eigenvalue weighted by Gasteiger charge is -2.05. The third-order valence-electron chi connectivity index (χ3n) is 2.61. The molecule has 1 amide bonds. The van der Waals surface area contributed by atoms with Crippen LogP contribution in [0.5, 0.6) is 0 Å². The fourth-order valence-corrected chi connectivity index (χ4v) is 1.57. The van der Waals surface area contributed by atoms with Crippen molar-refractivity contribution < 1.29 is 4.79 Å². The van der Waals surface area contributed by atoms with E-state index in [-0.39, 0.29) is 5.91 Å². The van der Waals surface area contributed by atoms with Gasteiger partial charge in [-0.05, 0) is 29.8 Å². The molecular weight excluding hydrogens is 226 g/mol. The first-order chi connectivity index (χ1) is 8.79. The van der Waals surface area contributed by atoms with Gasteiger partial charge in [-0.3, -0.25) is 9.78 Å². The number of rotatable bonds is 4. The zero-order valence-electron chi connectivity index (χ0n) is 9.97. The maximum Gasteiger partial charge on any atom is 0.251 e. The predicted octanol–water partition coefficient (Wildman–Crippen LogP) is 1.47. The lowest BCUT2D eigenvalue weighted by atomic mass is 10.1. The minimum atomic E-state index is -0.107. The Morgan fingerprint density at radius 1 is 1.17 bits per heavy atom. The number of pyridine rings is 1. The normalized spacial score (nSPS) is 10.1. The number of nitrogens with zero attached hydrogens (tertiary/aromatic N) is 1. The highest BCUT2D eigenvalue weighted by atomic mass is 16.1. The van der Waals surface area contributed by atoms with E-state index in [0.29, 0.717) is 18.7 Å². The van der Waals surface area contributed by atoms with Gasteiger partial charge in [0.05, 0.1) is 12.2 Å². The Hall–Kier alpha value is -2.20. The van der Waals surface area contributed by atoms with Gasteiger partial charge >= 0.3 is 0 Å². The van der Waals surface area contributed by atoms with Gasteiger partial charge in [-0.1, -0.05) is 18.2 Å². The summed E-state index contributed by atoms with van der Waals surface area (Å²) in [7, 11) is 0. The fraction of sp³-hybridized carbons (Fsp3) is 0.143. The van der Waals surface area contributed by atoms with Crippen molar-refractivity contribution in [3.63, 3.8) is 0 Å². The van der Waals surface area contributed by atoms with Gasteiger partial charge in [0, 0.05) is 18.3 Å². The Balaban J connectivity index is 1.95. The van der Waals surface area contributed by atoms with E-state index < -0.39 is 0 Å². The summed E-state index contributed by atoms with van der Waals surface area (Å²) in [5.41, 5.74) is 7.98. The maximum atomic E-state index is 11.8. The van der Waals surface area contributed by atoms with Gasteiger partial charge in [-0.25, -0.2) is 0 Å². The lowest BCUT2D eigenvalue weighted by molar-refractivity contribution is 0.0950. The van der Waals surface area contributed by atoms with Gasteiger partial charge in [-0.2, -0.15) is 0 Å². The van der Waals surface area contributed by atoms with Crippen LogP contribution in [0.15, 0.2) is 48.7 Å².